The summed E-state index contributed by atoms with van der Waals surface area (Å²) in [5, 5.41) is 7.36. The van der Waals surface area contributed by atoms with Crippen molar-refractivity contribution in [3.63, 3.8) is 0 Å². The molecule has 4 aliphatic rings. The van der Waals surface area contributed by atoms with Gasteiger partial charge in [-0.25, -0.2) is 0 Å². The van der Waals surface area contributed by atoms with Crippen molar-refractivity contribution in [2.45, 2.75) is 21.7 Å². The van der Waals surface area contributed by atoms with Crippen LogP contribution in [0.15, 0.2) is 340 Å². The minimum atomic E-state index is -0.743. The van der Waals surface area contributed by atoms with E-state index in [1.165, 1.54) is 144 Å². The average Bonchev–Trinajstić information content (AvgIpc) is 1.52. The van der Waals surface area contributed by atoms with Gasteiger partial charge in [0.15, 0.2) is 0 Å². The number of hydrogen-bond acceptors (Lipinski definition) is 0. The topological polar surface area (TPSA) is 0 Å². The van der Waals surface area contributed by atoms with Gasteiger partial charge in [-0.1, -0.05) is 291 Å². The molecule has 14 aromatic carbocycles. The Labute approximate surface area is 502 Å². The number of allylic oxidation sites excluding steroid dienone is 4. The Morgan fingerprint density at radius 2 is 0.291 bits per heavy atom. The standard InChI is InChI=1S/C86H56/c1-9-33-63(34-10-1)83(64-35-11-2-12-36-64)75-53-59-31-27-25-29-57(59)49-71(75)79-81(83)73-51-61-56-78-74(52-62(61)55-77(73)85(79,67-41-17-5-18-42-67)68-43-19-6-20-44-68)82-80(86(78,69-45-21-7-22-46-69)70-47-23-8-24-48-70)72-50-58-30-26-28-32-60(58)54-76(72)84(82,65-37-13-3-14-38-65)66-39-15-4-16-40-66/h1-56H. The van der Waals surface area contributed by atoms with Crippen LogP contribution in [0, 0.1) is 0 Å². The zero-order chi connectivity index (χ0) is 56.6. The molecule has 0 fully saturated rings. The van der Waals surface area contributed by atoms with Gasteiger partial charge in [-0.15, -0.1) is 0 Å². The summed E-state index contributed by atoms with van der Waals surface area (Å²) in [6.45, 7) is 0. The molecule has 0 atom stereocenters. The van der Waals surface area contributed by atoms with E-state index in [1.807, 2.05) is 0 Å². The lowest BCUT2D eigenvalue weighted by molar-refractivity contribution is 0.800. The van der Waals surface area contributed by atoms with E-state index in [4.69, 9.17) is 0 Å². The Balaban J connectivity index is 1.05. The lowest BCUT2D eigenvalue weighted by atomic mass is 9.63. The zero-order valence-electron chi connectivity index (χ0n) is 47.3. The summed E-state index contributed by atoms with van der Waals surface area (Å²) in [4.78, 5) is 0. The molecule has 0 radical (unpaired) electrons. The Morgan fingerprint density at radius 1 is 0.140 bits per heavy atom. The fourth-order valence-corrected chi connectivity index (χ4v) is 17.1. The molecule has 0 N–H and O–H groups in total. The van der Waals surface area contributed by atoms with E-state index >= 15 is 0 Å². The highest BCUT2D eigenvalue weighted by atomic mass is 14.6. The maximum absolute atomic E-state index is 2.64. The highest BCUT2D eigenvalue weighted by molar-refractivity contribution is 6.21. The van der Waals surface area contributed by atoms with Crippen molar-refractivity contribution < 1.29 is 0 Å². The van der Waals surface area contributed by atoms with Crippen LogP contribution in [0.3, 0.4) is 0 Å². The summed E-state index contributed by atoms with van der Waals surface area (Å²) >= 11 is 0. The normalized spacial score (nSPS) is 16.0. The molecule has 0 heteroatoms. The van der Waals surface area contributed by atoms with Crippen molar-refractivity contribution in [1.29, 1.82) is 0 Å². The minimum absolute atomic E-state index is 0.709. The third-order valence-corrected chi connectivity index (χ3v) is 20.2. The van der Waals surface area contributed by atoms with Crippen LogP contribution in [0.4, 0.5) is 0 Å². The van der Waals surface area contributed by atoms with Crippen LogP contribution in [0.25, 0.3) is 54.6 Å². The van der Waals surface area contributed by atoms with Crippen LogP contribution < -0.4 is 0 Å². The van der Waals surface area contributed by atoms with E-state index in [1.54, 1.807) is 0 Å². The second kappa shape index (κ2) is 18.4. The summed E-state index contributed by atoms with van der Waals surface area (Å²) in [6, 6.07) is 130. The molecular weight excluding hydrogens is 1030 g/mol. The highest BCUT2D eigenvalue weighted by Gasteiger charge is 2.62. The SMILES string of the molecule is c1ccc(C2(c3ccccc3)C3=C(c4cc5ccccc5cc42)C(c2ccccc2)(c2ccccc2)c2cc4cc5c(cc4cc23)C(c2ccccc2)(c2ccccc2)C2=C5C(c3ccccc3)(c3ccccc3)c3cc4ccccc4cc32)cc1. The second-order valence-electron chi connectivity index (χ2n) is 24.1. The number of benzene rings is 14. The van der Waals surface area contributed by atoms with Gasteiger partial charge in [0.05, 0.1) is 21.7 Å². The van der Waals surface area contributed by atoms with Gasteiger partial charge < -0.3 is 0 Å². The molecule has 14 aromatic rings. The van der Waals surface area contributed by atoms with Gasteiger partial charge in [0.2, 0.25) is 0 Å². The van der Waals surface area contributed by atoms with E-state index in [0.29, 0.717) is 0 Å². The van der Waals surface area contributed by atoms with E-state index < -0.39 is 21.7 Å². The minimum Gasteiger partial charge on any atom is -0.0622 e. The molecule has 0 bridgehead atoms. The van der Waals surface area contributed by atoms with Gasteiger partial charge in [-0.05, 0) is 192 Å². The molecule has 0 spiro atoms. The molecule has 0 saturated carbocycles. The molecule has 400 valence electrons. The lowest BCUT2D eigenvalue weighted by Gasteiger charge is -2.39. The van der Waals surface area contributed by atoms with Crippen LogP contribution in [0.1, 0.15) is 89.0 Å². The summed E-state index contributed by atoms with van der Waals surface area (Å²) < 4.78 is 0. The fraction of sp³-hybridized carbons (Fsp3) is 0.0465. The summed E-state index contributed by atoms with van der Waals surface area (Å²) in [5.41, 5.74) is 22.8. The van der Waals surface area contributed by atoms with Crippen LogP contribution in [-0.2, 0) is 21.7 Å². The van der Waals surface area contributed by atoms with Crippen molar-refractivity contribution >= 4 is 54.6 Å². The van der Waals surface area contributed by atoms with Crippen LogP contribution >= 0.6 is 0 Å². The Kier molecular flexibility index (Phi) is 10.5. The summed E-state index contributed by atoms with van der Waals surface area (Å²) in [5.74, 6) is 0. The number of fused-ring (bicyclic) bond motifs is 11. The van der Waals surface area contributed by atoms with E-state index in [-0.39, 0.29) is 0 Å². The van der Waals surface area contributed by atoms with Crippen molar-refractivity contribution in [1.82, 2.24) is 0 Å². The molecule has 0 nitrogen and oxygen atoms in total. The number of hydrogen-bond donors (Lipinski definition) is 0. The molecule has 18 rings (SSSR count). The molecule has 86 heavy (non-hydrogen) atoms. The second-order valence-corrected chi connectivity index (χ2v) is 24.1. The van der Waals surface area contributed by atoms with Crippen LogP contribution in [-0.4, -0.2) is 0 Å². The lowest BCUT2D eigenvalue weighted by Crippen LogP contribution is -2.31. The highest BCUT2D eigenvalue weighted by Crippen LogP contribution is 2.73. The van der Waals surface area contributed by atoms with Gasteiger partial charge in [0.25, 0.3) is 0 Å². The largest absolute Gasteiger partial charge is 0.0717 e. The Hall–Kier alpha value is -10.7. The Morgan fingerprint density at radius 3 is 0.488 bits per heavy atom. The quantitative estimate of drug-likeness (QED) is 0.142. The zero-order valence-corrected chi connectivity index (χ0v) is 47.3. The molecule has 0 aliphatic heterocycles. The molecule has 0 unspecified atom stereocenters. The predicted octanol–water partition coefficient (Wildman–Crippen LogP) is 20.4. The smallest absolute Gasteiger partial charge is 0.0622 e. The van der Waals surface area contributed by atoms with E-state index in [9.17, 15) is 0 Å². The third-order valence-electron chi connectivity index (χ3n) is 20.2. The van der Waals surface area contributed by atoms with Gasteiger partial charge in [0.1, 0.15) is 0 Å². The number of rotatable bonds is 8. The van der Waals surface area contributed by atoms with Gasteiger partial charge in [-0.2, -0.15) is 0 Å². The molecule has 0 amide bonds. The van der Waals surface area contributed by atoms with Crippen molar-refractivity contribution in [2.24, 2.45) is 0 Å². The summed E-state index contributed by atoms with van der Waals surface area (Å²) in [7, 11) is 0. The maximum atomic E-state index is 2.64. The first-order valence-corrected chi connectivity index (χ1v) is 30.3. The van der Waals surface area contributed by atoms with E-state index in [0.717, 1.165) is 0 Å². The van der Waals surface area contributed by atoms with Crippen LogP contribution in [0.5, 0.6) is 0 Å². The fourth-order valence-electron chi connectivity index (χ4n) is 17.1. The maximum Gasteiger partial charge on any atom is 0.0717 e. The predicted molar refractivity (Wildman–Crippen MR) is 357 cm³/mol. The van der Waals surface area contributed by atoms with Gasteiger partial charge >= 0.3 is 0 Å². The van der Waals surface area contributed by atoms with Gasteiger partial charge in [-0.3, -0.25) is 0 Å². The monoisotopic (exact) mass is 1090 g/mol. The first-order chi connectivity index (χ1) is 42.6. The molecule has 0 aromatic heterocycles. The Bertz CT molecular complexity index is 4620. The first-order valence-electron chi connectivity index (χ1n) is 30.3. The van der Waals surface area contributed by atoms with Crippen molar-refractivity contribution in [3.05, 3.63) is 429 Å². The first kappa shape index (κ1) is 48.8. The van der Waals surface area contributed by atoms with Crippen molar-refractivity contribution in [2.75, 3.05) is 0 Å². The molecule has 4 aliphatic carbocycles. The average molecular weight is 1090 g/mol. The third kappa shape index (κ3) is 6.27. The van der Waals surface area contributed by atoms with E-state index in [2.05, 4.69) is 340 Å². The molecular formula is C86H56. The molecule has 0 saturated heterocycles. The van der Waals surface area contributed by atoms with Crippen molar-refractivity contribution in [3.8, 4) is 0 Å². The molecule has 0 heterocycles. The summed E-state index contributed by atoms with van der Waals surface area (Å²) in [6.07, 6.45) is 0. The van der Waals surface area contributed by atoms with Gasteiger partial charge in [0, 0.05) is 0 Å². The van der Waals surface area contributed by atoms with Crippen LogP contribution in [0.2, 0.25) is 0 Å².